The average molecular weight is 238 g/mol. The zero-order chi connectivity index (χ0) is 12.6. The largest absolute Gasteiger partial charge is 0.548 e. The van der Waals surface area contributed by atoms with Crippen LogP contribution >= 0.6 is 0 Å². The van der Waals surface area contributed by atoms with Crippen LogP contribution in [0.1, 0.15) is 40.0 Å². The number of hydrogen-bond donors (Lipinski definition) is 0. The van der Waals surface area contributed by atoms with Gasteiger partial charge in [0.2, 0.25) is 8.32 Å². The van der Waals surface area contributed by atoms with Gasteiger partial charge in [-0.05, 0) is 64.1 Å². The molecule has 0 radical (unpaired) electrons. The third kappa shape index (κ3) is 9.82. The van der Waals surface area contributed by atoms with E-state index in [4.69, 9.17) is 4.43 Å². The molecule has 0 rings (SSSR count). The van der Waals surface area contributed by atoms with Gasteiger partial charge in [-0.25, -0.2) is 0 Å². The Morgan fingerprint density at radius 2 is 1.88 bits per heavy atom. The lowest BCUT2D eigenvalue weighted by Gasteiger charge is -2.18. The van der Waals surface area contributed by atoms with E-state index in [1.54, 1.807) is 0 Å². The van der Waals surface area contributed by atoms with Crippen molar-refractivity contribution < 1.29 is 4.43 Å². The Hall–Kier alpha value is -0.723. The average Bonchev–Trinajstić information content (AvgIpc) is 2.11. The molecule has 0 aromatic rings. The predicted octanol–water partition coefficient (Wildman–Crippen LogP) is 5.03. The summed E-state index contributed by atoms with van der Waals surface area (Å²) >= 11 is 0. The minimum Gasteiger partial charge on any atom is -0.548 e. The second-order valence-electron chi connectivity index (χ2n) is 5.19. The normalized spacial score (nSPS) is 12.0. The Kier molecular flexibility index (Phi) is 7.19. The van der Waals surface area contributed by atoms with Crippen molar-refractivity contribution in [2.24, 2.45) is 0 Å². The van der Waals surface area contributed by atoms with Crippen LogP contribution in [0.25, 0.3) is 0 Å². The van der Waals surface area contributed by atoms with Crippen molar-refractivity contribution in [2.45, 2.75) is 59.7 Å². The highest BCUT2D eigenvalue weighted by Gasteiger charge is 2.15. The summed E-state index contributed by atoms with van der Waals surface area (Å²) in [4.78, 5) is 0. The lowest BCUT2D eigenvalue weighted by atomic mass is 10.1. The zero-order valence-electron chi connectivity index (χ0n) is 11.7. The van der Waals surface area contributed by atoms with E-state index >= 15 is 0 Å². The topological polar surface area (TPSA) is 9.23 Å². The molecule has 0 aliphatic heterocycles. The van der Waals surface area contributed by atoms with Crippen LogP contribution in [0.5, 0.6) is 0 Å². The predicted molar refractivity (Wildman–Crippen MR) is 75.0 cm³/mol. The van der Waals surface area contributed by atoms with E-state index in [1.165, 1.54) is 18.4 Å². The van der Waals surface area contributed by atoms with Crippen molar-refractivity contribution in [3.8, 4) is 0 Å². The molecule has 0 aliphatic rings. The van der Waals surface area contributed by atoms with Crippen LogP contribution in [-0.4, -0.2) is 8.32 Å². The highest BCUT2D eigenvalue weighted by molar-refractivity contribution is 6.70. The SMILES string of the molecule is CCCCC(C)=C=C/C=C(/C)O[Si](C)(C)C. The highest BCUT2D eigenvalue weighted by Crippen LogP contribution is 2.09. The summed E-state index contributed by atoms with van der Waals surface area (Å²) in [5.74, 6) is 0.995. The summed E-state index contributed by atoms with van der Waals surface area (Å²) in [6.07, 6.45) is 7.62. The van der Waals surface area contributed by atoms with E-state index in [-0.39, 0.29) is 0 Å². The minimum absolute atomic E-state index is 0.995. The summed E-state index contributed by atoms with van der Waals surface area (Å²) in [5.41, 5.74) is 4.60. The summed E-state index contributed by atoms with van der Waals surface area (Å²) in [6.45, 7) is 12.9. The van der Waals surface area contributed by atoms with E-state index in [1.807, 2.05) is 19.1 Å². The third-order valence-electron chi connectivity index (χ3n) is 2.02. The molecule has 0 saturated heterocycles. The van der Waals surface area contributed by atoms with Crippen molar-refractivity contribution in [3.05, 3.63) is 29.2 Å². The fourth-order valence-corrected chi connectivity index (χ4v) is 2.37. The maximum absolute atomic E-state index is 5.82. The van der Waals surface area contributed by atoms with E-state index in [9.17, 15) is 0 Å². The second-order valence-corrected chi connectivity index (χ2v) is 9.62. The van der Waals surface area contributed by atoms with Gasteiger partial charge in [-0.3, -0.25) is 0 Å². The van der Waals surface area contributed by atoms with Crippen LogP contribution in [0.4, 0.5) is 0 Å². The van der Waals surface area contributed by atoms with E-state index in [2.05, 4.69) is 39.2 Å². The van der Waals surface area contributed by atoms with Gasteiger partial charge >= 0.3 is 0 Å². The van der Waals surface area contributed by atoms with Crippen LogP contribution in [0, 0.1) is 0 Å². The van der Waals surface area contributed by atoms with Crippen molar-refractivity contribution in [1.29, 1.82) is 0 Å². The summed E-state index contributed by atoms with van der Waals surface area (Å²) in [6, 6.07) is 0. The number of rotatable bonds is 6. The molecule has 0 N–H and O–H groups in total. The molecule has 0 heterocycles. The molecule has 0 bridgehead atoms. The Labute approximate surface area is 102 Å². The smallest absolute Gasteiger partial charge is 0.241 e. The van der Waals surface area contributed by atoms with Crippen LogP contribution < -0.4 is 0 Å². The van der Waals surface area contributed by atoms with Gasteiger partial charge in [0, 0.05) is 0 Å². The number of hydrogen-bond acceptors (Lipinski definition) is 1. The molecule has 0 spiro atoms. The first-order valence-corrected chi connectivity index (χ1v) is 9.54. The van der Waals surface area contributed by atoms with Crippen LogP contribution in [-0.2, 0) is 4.43 Å². The first-order chi connectivity index (χ1) is 7.35. The van der Waals surface area contributed by atoms with Gasteiger partial charge < -0.3 is 4.43 Å². The first-order valence-electron chi connectivity index (χ1n) is 6.13. The molecule has 0 amide bonds. The molecule has 0 aromatic heterocycles. The van der Waals surface area contributed by atoms with Crippen LogP contribution in [0.2, 0.25) is 19.6 Å². The van der Waals surface area contributed by atoms with Gasteiger partial charge in [-0.1, -0.05) is 13.3 Å². The summed E-state index contributed by atoms with van der Waals surface area (Å²) < 4.78 is 5.82. The van der Waals surface area contributed by atoms with Crippen molar-refractivity contribution >= 4 is 8.32 Å². The van der Waals surface area contributed by atoms with Gasteiger partial charge in [-0.15, -0.1) is 5.73 Å². The molecule has 92 valence electrons. The Bertz CT molecular complexity index is 288. The van der Waals surface area contributed by atoms with Crippen molar-refractivity contribution in [2.75, 3.05) is 0 Å². The Morgan fingerprint density at radius 3 is 2.38 bits per heavy atom. The van der Waals surface area contributed by atoms with Gasteiger partial charge in [0.05, 0.1) is 5.76 Å². The lowest BCUT2D eigenvalue weighted by molar-refractivity contribution is 0.424. The first kappa shape index (κ1) is 15.3. The lowest BCUT2D eigenvalue weighted by Crippen LogP contribution is -2.23. The Morgan fingerprint density at radius 1 is 1.25 bits per heavy atom. The van der Waals surface area contributed by atoms with Gasteiger partial charge in [0.25, 0.3) is 0 Å². The van der Waals surface area contributed by atoms with E-state index in [0.717, 1.165) is 12.2 Å². The summed E-state index contributed by atoms with van der Waals surface area (Å²) in [7, 11) is -1.44. The van der Waals surface area contributed by atoms with Crippen molar-refractivity contribution in [1.82, 2.24) is 0 Å². The monoisotopic (exact) mass is 238 g/mol. The molecule has 0 unspecified atom stereocenters. The fraction of sp³-hybridized carbons (Fsp3) is 0.643. The maximum atomic E-state index is 5.82. The third-order valence-corrected chi connectivity index (χ3v) is 2.95. The van der Waals surface area contributed by atoms with E-state index < -0.39 is 8.32 Å². The highest BCUT2D eigenvalue weighted by atomic mass is 28.4. The molecular weight excluding hydrogens is 212 g/mol. The molecule has 16 heavy (non-hydrogen) atoms. The summed E-state index contributed by atoms with van der Waals surface area (Å²) in [5, 5.41) is 0. The maximum Gasteiger partial charge on any atom is 0.241 e. The van der Waals surface area contributed by atoms with Crippen molar-refractivity contribution in [3.63, 3.8) is 0 Å². The molecule has 0 saturated carbocycles. The molecule has 0 fully saturated rings. The van der Waals surface area contributed by atoms with E-state index in [0.29, 0.717) is 0 Å². The Balaban J connectivity index is 4.28. The molecule has 2 heteroatoms. The van der Waals surface area contributed by atoms with Gasteiger partial charge in [0.15, 0.2) is 0 Å². The fourth-order valence-electron chi connectivity index (χ4n) is 1.33. The minimum atomic E-state index is -1.44. The standard InChI is InChI=1S/C14H26OSi/c1-7-8-10-13(2)11-9-12-14(3)15-16(4,5)6/h9,12H,7-8,10H2,1-6H3/b14-12-. The quantitative estimate of drug-likeness (QED) is 0.273. The zero-order valence-corrected chi connectivity index (χ0v) is 12.7. The van der Waals surface area contributed by atoms with Gasteiger partial charge in [0.1, 0.15) is 0 Å². The molecule has 0 atom stereocenters. The number of allylic oxidation sites excluding steroid dienone is 3. The second kappa shape index (κ2) is 7.53. The number of unbranched alkanes of at least 4 members (excludes halogenated alkanes) is 1. The van der Waals surface area contributed by atoms with Crippen LogP contribution in [0.3, 0.4) is 0 Å². The van der Waals surface area contributed by atoms with Crippen LogP contribution in [0.15, 0.2) is 29.2 Å². The molecule has 0 aromatic carbocycles. The molecular formula is C14H26OSi. The van der Waals surface area contributed by atoms with Gasteiger partial charge in [-0.2, -0.15) is 0 Å². The molecule has 1 nitrogen and oxygen atoms in total. The molecule has 0 aliphatic carbocycles.